The summed E-state index contributed by atoms with van der Waals surface area (Å²) >= 11 is 0. The molecule has 0 saturated carbocycles. The van der Waals surface area contributed by atoms with Crippen LogP contribution in [0.5, 0.6) is 0 Å². The van der Waals surface area contributed by atoms with Crippen molar-refractivity contribution < 1.29 is 13.9 Å². The Morgan fingerprint density at radius 3 is 2.31 bits per heavy atom. The number of carbonyl (C=O) groups excluding carboxylic acids is 1. The van der Waals surface area contributed by atoms with Gasteiger partial charge in [0, 0.05) is 12.1 Å². The summed E-state index contributed by atoms with van der Waals surface area (Å²) in [5.74, 6) is -0.811. The van der Waals surface area contributed by atoms with Gasteiger partial charge in [0.05, 0.1) is 13.2 Å². The Kier molecular flexibility index (Phi) is 6.89. The van der Waals surface area contributed by atoms with Crippen molar-refractivity contribution in [3.8, 4) is 11.5 Å². The van der Waals surface area contributed by atoms with E-state index in [2.05, 4.69) is 10.4 Å². The van der Waals surface area contributed by atoms with Crippen LogP contribution in [-0.2, 0) is 35.8 Å². The maximum absolute atomic E-state index is 12.3. The van der Waals surface area contributed by atoms with Gasteiger partial charge in [-0.2, -0.15) is 4.68 Å². The van der Waals surface area contributed by atoms with E-state index in [-0.39, 0.29) is 18.3 Å². The average molecular weight is 429 g/mol. The molecule has 0 radical (unpaired) electrons. The van der Waals surface area contributed by atoms with E-state index in [0.717, 1.165) is 21.4 Å². The summed E-state index contributed by atoms with van der Waals surface area (Å²) < 4.78 is 11.9. The van der Waals surface area contributed by atoms with Crippen molar-refractivity contribution in [2.75, 3.05) is 0 Å². The van der Waals surface area contributed by atoms with E-state index < -0.39 is 5.76 Å². The topological polar surface area (TPSA) is 86.4 Å². The Labute approximate surface area is 185 Å². The number of rotatable bonds is 9. The monoisotopic (exact) mass is 429 g/mol. The molecule has 0 bridgehead atoms. The van der Waals surface area contributed by atoms with Gasteiger partial charge in [0.25, 0.3) is 0 Å². The molecular formula is C25H23N3O4. The molecule has 0 aliphatic heterocycles. The minimum absolute atomic E-state index is 0.187. The van der Waals surface area contributed by atoms with Crippen LogP contribution in [0.4, 0.5) is 0 Å². The van der Waals surface area contributed by atoms with Gasteiger partial charge in [0.1, 0.15) is 6.54 Å². The standard InChI is InChI=1S/C25H23N3O4/c29-23(16-28-25(30)32-24(27-28)22-12-5-2-6-13-22)26-15-20-10-7-11-21(14-20)18-31-17-19-8-3-1-4-9-19/h1-14H,15-18H2,(H,26,29). The number of ether oxygens (including phenoxy) is 1. The second-order valence-corrected chi connectivity index (χ2v) is 7.27. The summed E-state index contributed by atoms with van der Waals surface area (Å²) in [7, 11) is 0. The van der Waals surface area contributed by atoms with Gasteiger partial charge in [0.2, 0.25) is 11.8 Å². The van der Waals surface area contributed by atoms with Gasteiger partial charge in [-0.3, -0.25) is 4.79 Å². The first kappa shape index (κ1) is 21.3. The molecule has 4 rings (SSSR count). The number of aromatic nitrogens is 2. The smallest absolute Gasteiger partial charge is 0.388 e. The summed E-state index contributed by atoms with van der Waals surface area (Å²) in [5.41, 5.74) is 3.76. The predicted molar refractivity (Wildman–Crippen MR) is 119 cm³/mol. The number of hydrogen-bond acceptors (Lipinski definition) is 5. The van der Waals surface area contributed by atoms with Crippen LogP contribution < -0.4 is 11.1 Å². The largest absolute Gasteiger partial charge is 0.437 e. The van der Waals surface area contributed by atoms with Gasteiger partial charge in [-0.1, -0.05) is 72.8 Å². The minimum atomic E-state index is -0.670. The molecule has 1 heterocycles. The van der Waals surface area contributed by atoms with E-state index in [1.165, 1.54) is 0 Å². The molecular weight excluding hydrogens is 406 g/mol. The molecule has 32 heavy (non-hydrogen) atoms. The zero-order valence-electron chi connectivity index (χ0n) is 17.4. The number of carbonyl (C=O) groups is 1. The lowest BCUT2D eigenvalue weighted by molar-refractivity contribution is -0.122. The van der Waals surface area contributed by atoms with Crippen LogP contribution in [-0.4, -0.2) is 15.7 Å². The van der Waals surface area contributed by atoms with Gasteiger partial charge in [-0.15, -0.1) is 5.10 Å². The third-order valence-electron chi connectivity index (χ3n) is 4.78. The molecule has 4 aromatic rings. The number of nitrogens with zero attached hydrogens (tertiary/aromatic N) is 2. The molecule has 1 aromatic heterocycles. The number of benzene rings is 3. The molecule has 162 valence electrons. The molecule has 1 amide bonds. The molecule has 3 aromatic carbocycles. The Balaban J connectivity index is 1.28. The van der Waals surface area contributed by atoms with E-state index in [1.807, 2.05) is 72.8 Å². The van der Waals surface area contributed by atoms with Crippen molar-refractivity contribution in [2.45, 2.75) is 26.3 Å². The summed E-state index contributed by atoms with van der Waals surface area (Å²) in [6, 6.07) is 26.9. The second-order valence-electron chi connectivity index (χ2n) is 7.27. The molecule has 0 unspecified atom stereocenters. The van der Waals surface area contributed by atoms with Crippen molar-refractivity contribution in [1.82, 2.24) is 15.1 Å². The lowest BCUT2D eigenvalue weighted by Crippen LogP contribution is -2.31. The highest BCUT2D eigenvalue weighted by atomic mass is 16.5. The highest BCUT2D eigenvalue weighted by Gasteiger charge is 2.13. The maximum atomic E-state index is 12.3. The highest BCUT2D eigenvalue weighted by Crippen LogP contribution is 2.14. The number of amides is 1. The minimum Gasteiger partial charge on any atom is -0.388 e. The van der Waals surface area contributed by atoms with Gasteiger partial charge in [0.15, 0.2) is 0 Å². The Hall–Kier alpha value is -3.97. The number of hydrogen-bond donors (Lipinski definition) is 1. The van der Waals surface area contributed by atoms with Crippen molar-refractivity contribution in [1.29, 1.82) is 0 Å². The van der Waals surface area contributed by atoms with E-state index in [4.69, 9.17) is 9.15 Å². The first-order valence-electron chi connectivity index (χ1n) is 10.3. The van der Waals surface area contributed by atoms with Crippen molar-refractivity contribution in [3.05, 3.63) is 112 Å². The zero-order valence-corrected chi connectivity index (χ0v) is 17.4. The van der Waals surface area contributed by atoms with E-state index >= 15 is 0 Å². The lowest BCUT2D eigenvalue weighted by atomic mass is 10.1. The Bertz CT molecular complexity index is 1220. The van der Waals surface area contributed by atoms with Crippen molar-refractivity contribution in [3.63, 3.8) is 0 Å². The summed E-state index contributed by atoms with van der Waals surface area (Å²) in [6.07, 6.45) is 0. The summed E-state index contributed by atoms with van der Waals surface area (Å²) in [5, 5.41) is 6.92. The fourth-order valence-electron chi connectivity index (χ4n) is 3.19. The molecule has 0 fully saturated rings. The van der Waals surface area contributed by atoms with Gasteiger partial charge in [-0.25, -0.2) is 4.79 Å². The second kappa shape index (κ2) is 10.4. The maximum Gasteiger partial charge on any atom is 0.437 e. The molecule has 7 nitrogen and oxygen atoms in total. The first-order valence-corrected chi connectivity index (χ1v) is 10.3. The lowest BCUT2D eigenvalue weighted by Gasteiger charge is -2.08. The predicted octanol–water partition coefficient (Wildman–Crippen LogP) is 3.54. The molecule has 7 heteroatoms. The van der Waals surface area contributed by atoms with Gasteiger partial charge >= 0.3 is 5.76 Å². The molecule has 1 N–H and O–H groups in total. The fraction of sp³-hybridized carbons (Fsp3) is 0.160. The van der Waals surface area contributed by atoms with Crippen LogP contribution in [0.3, 0.4) is 0 Å². The van der Waals surface area contributed by atoms with Crippen LogP contribution in [0, 0.1) is 0 Å². The van der Waals surface area contributed by atoms with Crippen LogP contribution in [0.15, 0.2) is 94.1 Å². The molecule has 0 atom stereocenters. The fourth-order valence-corrected chi connectivity index (χ4v) is 3.19. The molecule has 0 spiro atoms. The average Bonchev–Trinajstić information content (AvgIpc) is 3.19. The van der Waals surface area contributed by atoms with Gasteiger partial charge < -0.3 is 14.5 Å². The Morgan fingerprint density at radius 1 is 0.875 bits per heavy atom. The normalized spacial score (nSPS) is 10.8. The molecule has 0 saturated heterocycles. The first-order chi connectivity index (χ1) is 15.7. The molecule has 0 aliphatic carbocycles. The summed E-state index contributed by atoms with van der Waals surface area (Å²) in [4.78, 5) is 24.3. The van der Waals surface area contributed by atoms with Crippen molar-refractivity contribution >= 4 is 5.91 Å². The van der Waals surface area contributed by atoms with Crippen molar-refractivity contribution in [2.24, 2.45) is 0 Å². The number of nitrogens with one attached hydrogen (secondary N) is 1. The SMILES string of the molecule is O=C(Cn1nc(-c2ccccc2)oc1=O)NCc1cccc(COCc2ccccc2)c1. The summed E-state index contributed by atoms with van der Waals surface area (Å²) in [6.45, 7) is 1.14. The zero-order chi connectivity index (χ0) is 22.2. The third-order valence-corrected chi connectivity index (χ3v) is 4.78. The van der Waals surface area contributed by atoms with Crippen LogP contribution >= 0.6 is 0 Å². The quantitative estimate of drug-likeness (QED) is 0.440. The van der Waals surface area contributed by atoms with Gasteiger partial charge in [-0.05, 0) is 28.8 Å². The van der Waals surface area contributed by atoms with E-state index in [1.54, 1.807) is 12.1 Å². The van der Waals surface area contributed by atoms with E-state index in [9.17, 15) is 9.59 Å². The highest BCUT2D eigenvalue weighted by molar-refractivity contribution is 5.75. The molecule has 0 aliphatic rings. The Morgan fingerprint density at radius 2 is 1.53 bits per heavy atom. The third kappa shape index (κ3) is 5.80. The van der Waals surface area contributed by atoms with Crippen LogP contribution in [0.2, 0.25) is 0 Å². The van der Waals surface area contributed by atoms with Crippen LogP contribution in [0.1, 0.15) is 16.7 Å². The van der Waals surface area contributed by atoms with E-state index in [0.29, 0.717) is 25.3 Å². The van der Waals surface area contributed by atoms with Crippen LogP contribution in [0.25, 0.3) is 11.5 Å².